The summed E-state index contributed by atoms with van der Waals surface area (Å²) in [4.78, 5) is 17.6. The van der Waals surface area contributed by atoms with E-state index in [-0.39, 0.29) is 12.0 Å². The van der Waals surface area contributed by atoms with Gasteiger partial charge in [0.2, 0.25) is 0 Å². The molecule has 0 amide bonds. The SMILES string of the molecule is C[C@H](CN(C)C)Oc1cc(N2CC[C@@H](C(C)(C)O)C2)cc2ncnc(Nc3ccc4ncccc4c3F)c12. The molecule has 1 saturated heterocycles. The van der Waals surface area contributed by atoms with Crippen LogP contribution in [0.2, 0.25) is 0 Å². The molecule has 1 aliphatic heterocycles. The number of halogens is 1. The Balaban J connectivity index is 1.57. The number of aromatic nitrogens is 3. The lowest BCUT2D eigenvalue weighted by atomic mass is 9.90. The minimum Gasteiger partial charge on any atom is -0.488 e. The van der Waals surface area contributed by atoms with Gasteiger partial charge in [-0.05, 0) is 71.6 Å². The average Bonchev–Trinajstić information content (AvgIpc) is 3.37. The van der Waals surface area contributed by atoms with Crippen LogP contribution in [-0.4, -0.2) is 70.4 Å². The molecule has 0 spiro atoms. The molecule has 3 heterocycles. The second kappa shape index (κ2) is 10.3. The van der Waals surface area contributed by atoms with Gasteiger partial charge in [-0.1, -0.05) is 0 Å². The van der Waals surface area contributed by atoms with E-state index in [1.165, 1.54) is 6.33 Å². The van der Waals surface area contributed by atoms with Crippen molar-refractivity contribution < 1.29 is 14.2 Å². The molecule has 2 aromatic carbocycles. The van der Waals surface area contributed by atoms with Crippen molar-refractivity contribution in [3.8, 4) is 5.75 Å². The molecule has 2 aromatic heterocycles. The molecule has 2 N–H and O–H groups in total. The van der Waals surface area contributed by atoms with Crippen LogP contribution in [0.25, 0.3) is 21.8 Å². The number of anilines is 3. The van der Waals surface area contributed by atoms with Gasteiger partial charge in [0.1, 0.15) is 24.0 Å². The number of likely N-dealkylation sites (N-methyl/N-ethyl adjacent to an activating group) is 1. The monoisotopic (exact) mass is 518 g/mol. The molecule has 200 valence electrons. The third kappa shape index (κ3) is 5.35. The van der Waals surface area contributed by atoms with Crippen LogP contribution in [0.3, 0.4) is 0 Å². The Bertz CT molecular complexity index is 1450. The minimum atomic E-state index is -0.746. The largest absolute Gasteiger partial charge is 0.488 e. The van der Waals surface area contributed by atoms with Gasteiger partial charge in [0.05, 0.1) is 27.7 Å². The van der Waals surface area contributed by atoms with Crippen molar-refractivity contribution in [2.75, 3.05) is 43.9 Å². The van der Waals surface area contributed by atoms with Gasteiger partial charge in [-0.2, -0.15) is 0 Å². The van der Waals surface area contributed by atoms with Crippen LogP contribution in [0.15, 0.2) is 48.9 Å². The summed E-state index contributed by atoms with van der Waals surface area (Å²) in [5.74, 6) is 0.872. The van der Waals surface area contributed by atoms with Crippen LogP contribution in [0, 0.1) is 11.7 Å². The molecule has 0 unspecified atom stereocenters. The van der Waals surface area contributed by atoms with E-state index in [1.54, 1.807) is 30.5 Å². The Hall–Kier alpha value is -3.56. The van der Waals surface area contributed by atoms with Crippen LogP contribution >= 0.6 is 0 Å². The minimum absolute atomic E-state index is 0.109. The van der Waals surface area contributed by atoms with Gasteiger partial charge in [0.25, 0.3) is 0 Å². The van der Waals surface area contributed by atoms with Crippen molar-refractivity contribution >= 4 is 39.0 Å². The van der Waals surface area contributed by atoms with Crippen molar-refractivity contribution in [2.45, 2.75) is 38.9 Å². The van der Waals surface area contributed by atoms with Crippen LogP contribution in [0.5, 0.6) is 5.75 Å². The fraction of sp³-hybridized carbons (Fsp3) is 0.414. The predicted molar refractivity (Wildman–Crippen MR) is 150 cm³/mol. The highest BCUT2D eigenvalue weighted by Gasteiger charge is 2.34. The molecular weight excluding hydrogens is 483 g/mol. The zero-order valence-electron chi connectivity index (χ0n) is 22.6. The molecule has 1 aliphatic rings. The van der Waals surface area contributed by atoms with Crippen molar-refractivity contribution in [3.63, 3.8) is 0 Å². The predicted octanol–water partition coefficient (Wildman–Crippen LogP) is 4.99. The normalized spacial score (nSPS) is 16.9. The number of hydrogen-bond donors (Lipinski definition) is 2. The Labute approximate surface area is 222 Å². The first kappa shape index (κ1) is 26.1. The van der Waals surface area contributed by atoms with Gasteiger partial charge >= 0.3 is 0 Å². The maximum absolute atomic E-state index is 15.4. The number of hydrogen-bond acceptors (Lipinski definition) is 8. The van der Waals surface area contributed by atoms with Crippen LogP contribution in [0.4, 0.5) is 21.6 Å². The van der Waals surface area contributed by atoms with E-state index in [0.717, 1.165) is 31.7 Å². The highest BCUT2D eigenvalue weighted by atomic mass is 19.1. The van der Waals surface area contributed by atoms with E-state index < -0.39 is 11.4 Å². The molecule has 38 heavy (non-hydrogen) atoms. The summed E-state index contributed by atoms with van der Waals surface area (Å²) in [6, 6.07) is 10.9. The molecule has 8 nitrogen and oxygen atoms in total. The third-order valence-corrected chi connectivity index (χ3v) is 7.16. The molecule has 0 radical (unpaired) electrons. The molecule has 1 fully saturated rings. The molecule has 2 atom stereocenters. The van der Waals surface area contributed by atoms with Gasteiger partial charge in [0, 0.05) is 48.9 Å². The zero-order chi connectivity index (χ0) is 27.0. The molecular formula is C29H35FN6O2. The molecule has 5 rings (SSSR count). The topological polar surface area (TPSA) is 86.6 Å². The molecule has 0 aliphatic carbocycles. The fourth-order valence-corrected chi connectivity index (χ4v) is 5.19. The van der Waals surface area contributed by atoms with E-state index in [2.05, 4.69) is 30.1 Å². The Morgan fingerprint density at radius 2 is 2.00 bits per heavy atom. The van der Waals surface area contributed by atoms with Crippen molar-refractivity contribution in [1.82, 2.24) is 19.9 Å². The van der Waals surface area contributed by atoms with Gasteiger partial charge < -0.3 is 25.0 Å². The quantitative estimate of drug-likeness (QED) is 0.338. The number of fused-ring (bicyclic) bond motifs is 2. The number of nitrogens with one attached hydrogen (secondary N) is 1. The highest BCUT2D eigenvalue weighted by molar-refractivity contribution is 5.98. The van der Waals surface area contributed by atoms with Gasteiger partial charge in [0.15, 0.2) is 5.82 Å². The first-order valence-electron chi connectivity index (χ1n) is 13.0. The lowest BCUT2D eigenvalue weighted by Gasteiger charge is -2.27. The van der Waals surface area contributed by atoms with Gasteiger partial charge in [-0.25, -0.2) is 14.4 Å². The second-order valence-electron chi connectivity index (χ2n) is 11.0. The summed E-state index contributed by atoms with van der Waals surface area (Å²) in [5.41, 5.74) is 1.81. The summed E-state index contributed by atoms with van der Waals surface area (Å²) in [7, 11) is 4.01. The molecule has 0 bridgehead atoms. The lowest BCUT2D eigenvalue weighted by molar-refractivity contribution is 0.0263. The van der Waals surface area contributed by atoms with E-state index in [0.29, 0.717) is 39.1 Å². The Kier molecular flexibility index (Phi) is 7.07. The molecule has 9 heteroatoms. The maximum Gasteiger partial charge on any atom is 0.156 e. The van der Waals surface area contributed by atoms with E-state index in [4.69, 9.17) is 4.74 Å². The summed E-state index contributed by atoms with van der Waals surface area (Å²) >= 11 is 0. The number of nitrogens with zero attached hydrogens (tertiary/aromatic N) is 5. The fourth-order valence-electron chi connectivity index (χ4n) is 5.19. The van der Waals surface area contributed by atoms with Crippen molar-refractivity contribution in [3.05, 3.63) is 54.7 Å². The second-order valence-corrected chi connectivity index (χ2v) is 11.0. The van der Waals surface area contributed by atoms with Crippen LogP contribution in [-0.2, 0) is 0 Å². The summed E-state index contributed by atoms with van der Waals surface area (Å²) in [6.07, 6.45) is 3.92. The number of benzene rings is 2. The number of ether oxygens (including phenoxy) is 1. The van der Waals surface area contributed by atoms with E-state index in [9.17, 15) is 5.11 Å². The molecule has 0 saturated carbocycles. The summed E-state index contributed by atoms with van der Waals surface area (Å²) in [6.45, 7) is 8.05. The first-order valence-corrected chi connectivity index (χ1v) is 13.0. The maximum atomic E-state index is 15.4. The van der Waals surface area contributed by atoms with Gasteiger partial charge in [-0.15, -0.1) is 0 Å². The number of aliphatic hydroxyl groups is 1. The summed E-state index contributed by atoms with van der Waals surface area (Å²) in [5, 5.41) is 14.9. The number of rotatable bonds is 8. The Morgan fingerprint density at radius 1 is 1.18 bits per heavy atom. The standard InChI is InChI=1S/C29H35FN6O2/c1-18(15-35(4)5)38-25-14-20(36-12-10-19(16-36)29(2,3)37)13-24-26(25)28(33-17-32-24)34-23-9-8-22-21(27(23)30)7-6-11-31-22/h6-9,11,13-14,17-19,37H,10,12,15-16H2,1-5H3,(H,32,33,34)/t18-,19-/m1/s1. The van der Waals surface area contributed by atoms with E-state index >= 15 is 4.39 Å². The zero-order valence-corrected chi connectivity index (χ0v) is 22.6. The highest BCUT2D eigenvalue weighted by Crippen LogP contribution is 2.39. The summed E-state index contributed by atoms with van der Waals surface area (Å²) < 4.78 is 21.9. The Morgan fingerprint density at radius 3 is 2.74 bits per heavy atom. The van der Waals surface area contributed by atoms with Gasteiger partial charge in [-0.3, -0.25) is 4.98 Å². The first-order chi connectivity index (χ1) is 18.1. The number of pyridine rings is 1. The smallest absolute Gasteiger partial charge is 0.156 e. The van der Waals surface area contributed by atoms with Crippen LogP contribution < -0.4 is 15.0 Å². The van der Waals surface area contributed by atoms with E-state index in [1.807, 2.05) is 47.0 Å². The van der Waals surface area contributed by atoms with Crippen molar-refractivity contribution in [2.24, 2.45) is 5.92 Å². The molecule has 4 aromatic rings. The third-order valence-electron chi connectivity index (χ3n) is 7.16. The lowest BCUT2D eigenvalue weighted by Crippen LogP contribution is -2.33. The van der Waals surface area contributed by atoms with Crippen molar-refractivity contribution in [1.29, 1.82) is 0 Å². The van der Waals surface area contributed by atoms with Crippen LogP contribution in [0.1, 0.15) is 27.2 Å². The average molecular weight is 519 g/mol.